The number of hydrogen-bond acceptors (Lipinski definition) is 6. The topological polar surface area (TPSA) is 94.2 Å². The Balaban J connectivity index is 2.09. The monoisotopic (exact) mass is 382 g/mol. The summed E-state index contributed by atoms with van der Waals surface area (Å²) in [6.45, 7) is 0. The normalized spacial score (nSPS) is 15.5. The predicted molar refractivity (Wildman–Crippen MR) is 102 cm³/mol. The molecule has 0 saturated carbocycles. The maximum atomic E-state index is 12.9. The summed E-state index contributed by atoms with van der Waals surface area (Å²) in [4.78, 5) is 38.3. The highest BCUT2D eigenvalue weighted by Gasteiger charge is 2.37. The van der Waals surface area contributed by atoms with Crippen molar-refractivity contribution in [3.8, 4) is 17.2 Å². The van der Waals surface area contributed by atoms with Crippen LogP contribution >= 0.6 is 0 Å². The number of urea groups is 1. The molecule has 1 fully saturated rings. The lowest BCUT2D eigenvalue weighted by atomic mass is 10.1. The molecule has 0 aliphatic carbocycles. The Bertz CT molecular complexity index is 968. The van der Waals surface area contributed by atoms with Gasteiger partial charge in [0, 0.05) is 5.56 Å². The molecule has 1 saturated heterocycles. The highest BCUT2D eigenvalue weighted by molar-refractivity contribution is 6.39. The zero-order valence-corrected chi connectivity index (χ0v) is 15.5. The van der Waals surface area contributed by atoms with E-state index in [0.29, 0.717) is 22.7 Å². The second-order valence-electron chi connectivity index (χ2n) is 5.72. The van der Waals surface area contributed by atoms with Crippen LogP contribution in [-0.2, 0) is 9.59 Å². The minimum Gasteiger partial charge on any atom is -0.493 e. The molecule has 144 valence electrons. The number of methoxy groups -OCH3 is 3. The molecule has 0 spiro atoms. The molecule has 4 amide bonds. The first-order chi connectivity index (χ1) is 13.5. The number of rotatable bonds is 5. The minimum atomic E-state index is -0.808. The molecule has 0 atom stereocenters. The van der Waals surface area contributed by atoms with Crippen molar-refractivity contribution >= 4 is 29.6 Å². The van der Waals surface area contributed by atoms with E-state index in [2.05, 4.69) is 5.32 Å². The summed E-state index contributed by atoms with van der Waals surface area (Å²) in [6, 6.07) is 10.8. The molecule has 8 nitrogen and oxygen atoms in total. The summed E-state index contributed by atoms with van der Waals surface area (Å²) < 4.78 is 15.9. The quantitative estimate of drug-likeness (QED) is 0.630. The van der Waals surface area contributed by atoms with Gasteiger partial charge in [0.25, 0.3) is 11.8 Å². The molecule has 1 aliphatic rings. The second-order valence-corrected chi connectivity index (χ2v) is 5.72. The van der Waals surface area contributed by atoms with Crippen molar-refractivity contribution in [2.75, 3.05) is 26.2 Å². The van der Waals surface area contributed by atoms with Crippen LogP contribution in [0.5, 0.6) is 17.2 Å². The van der Waals surface area contributed by atoms with Crippen LogP contribution < -0.4 is 24.4 Å². The first-order valence-electron chi connectivity index (χ1n) is 8.27. The molecule has 8 heteroatoms. The van der Waals surface area contributed by atoms with Crippen LogP contribution in [0, 0.1) is 0 Å². The number of carbonyl (C=O) groups is 3. The fourth-order valence-corrected chi connectivity index (χ4v) is 2.86. The Morgan fingerprint density at radius 2 is 1.54 bits per heavy atom. The molecular formula is C20H18N2O6. The lowest BCUT2D eigenvalue weighted by molar-refractivity contribution is -0.122. The van der Waals surface area contributed by atoms with Gasteiger partial charge in [0.1, 0.15) is 5.57 Å². The third kappa shape index (κ3) is 3.27. The minimum absolute atomic E-state index is 0.214. The third-order valence-corrected chi connectivity index (χ3v) is 4.15. The summed E-state index contributed by atoms with van der Waals surface area (Å²) in [5, 5.41) is 2.18. The van der Waals surface area contributed by atoms with Gasteiger partial charge < -0.3 is 14.2 Å². The van der Waals surface area contributed by atoms with E-state index in [1.165, 1.54) is 27.4 Å². The zero-order chi connectivity index (χ0) is 20.3. The van der Waals surface area contributed by atoms with Gasteiger partial charge in [0.2, 0.25) is 5.75 Å². The number of amides is 4. The molecule has 0 radical (unpaired) electrons. The van der Waals surface area contributed by atoms with E-state index in [0.717, 1.165) is 4.90 Å². The molecule has 3 rings (SSSR count). The van der Waals surface area contributed by atoms with E-state index in [1.54, 1.807) is 42.5 Å². The van der Waals surface area contributed by atoms with E-state index in [4.69, 9.17) is 14.2 Å². The first kappa shape index (κ1) is 19.0. The Kier molecular flexibility index (Phi) is 5.30. The number of imide groups is 2. The molecule has 2 aromatic rings. The van der Waals surface area contributed by atoms with Crippen molar-refractivity contribution in [3.63, 3.8) is 0 Å². The lowest BCUT2D eigenvalue weighted by Crippen LogP contribution is -2.54. The summed E-state index contributed by atoms with van der Waals surface area (Å²) in [5.74, 6) is -0.491. The molecule has 0 aromatic heterocycles. The summed E-state index contributed by atoms with van der Waals surface area (Å²) >= 11 is 0. The maximum Gasteiger partial charge on any atom is 0.335 e. The Morgan fingerprint density at radius 3 is 2.14 bits per heavy atom. The molecule has 28 heavy (non-hydrogen) atoms. The summed E-state index contributed by atoms with van der Waals surface area (Å²) in [6.07, 6.45) is 1.35. The Hall–Kier alpha value is -3.81. The van der Waals surface area contributed by atoms with Crippen LogP contribution in [0.3, 0.4) is 0 Å². The van der Waals surface area contributed by atoms with Gasteiger partial charge in [-0.05, 0) is 30.3 Å². The number of nitrogens with zero attached hydrogens (tertiary/aromatic N) is 1. The van der Waals surface area contributed by atoms with Crippen LogP contribution in [0.15, 0.2) is 48.0 Å². The predicted octanol–water partition coefficient (Wildman–Crippen LogP) is 2.38. The molecule has 0 bridgehead atoms. The van der Waals surface area contributed by atoms with Crippen molar-refractivity contribution in [2.24, 2.45) is 0 Å². The number of ether oxygens (including phenoxy) is 3. The number of hydrogen-bond donors (Lipinski definition) is 1. The smallest absolute Gasteiger partial charge is 0.335 e. The average molecular weight is 382 g/mol. The fourth-order valence-electron chi connectivity index (χ4n) is 2.86. The van der Waals surface area contributed by atoms with Crippen LogP contribution in [0.2, 0.25) is 0 Å². The first-order valence-corrected chi connectivity index (χ1v) is 8.27. The molecule has 2 aromatic carbocycles. The summed E-state index contributed by atoms with van der Waals surface area (Å²) in [7, 11) is 4.37. The molecule has 1 aliphatic heterocycles. The van der Waals surface area contributed by atoms with Crippen LogP contribution in [-0.4, -0.2) is 39.2 Å². The third-order valence-electron chi connectivity index (χ3n) is 4.15. The number of para-hydroxylation sites is 1. The van der Waals surface area contributed by atoms with Gasteiger partial charge in [0.15, 0.2) is 11.5 Å². The maximum absolute atomic E-state index is 12.9. The van der Waals surface area contributed by atoms with Crippen molar-refractivity contribution < 1.29 is 28.6 Å². The molecule has 1 heterocycles. The van der Waals surface area contributed by atoms with E-state index >= 15 is 0 Å². The largest absolute Gasteiger partial charge is 0.493 e. The zero-order valence-electron chi connectivity index (χ0n) is 15.5. The highest BCUT2D eigenvalue weighted by Crippen LogP contribution is 2.40. The summed E-state index contributed by atoms with van der Waals surface area (Å²) in [5.41, 5.74) is 0.553. The lowest BCUT2D eigenvalue weighted by Gasteiger charge is -2.26. The van der Waals surface area contributed by atoms with Gasteiger partial charge in [-0.2, -0.15) is 0 Å². The van der Waals surface area contributed by atoms with Gasteiger partial charge in [-0.25, -0.2) is 9.69 Å². The van der Waals surface area contributed by atoms with Crippen molar-refractivity contribution in [1.29, 1.82) is 0 Å². The van der Waals surface area contributed by atoms with Crippen molar-refractivity contribution in [1.82, 2.24) is 5.32 Å². The highest BCUT2D eigenvalue weighted by atomic mass is 16.5. The van der Waals surface area contributed by atoms with Crippen molar-refractivity contribution in [3.05, 3.63) is 53.6 Å². The van der Waals surface area contributed by atoms with E-state index < -0.39 is 17.8 Å². The number of benzene rings is 2. The number of anilines is 1. The van der Waals surface area contributed by atoms with Crippen molar-refractivity contribution in [2.45, 2.75) is 0 Å². The molecule has 1 N–H and O–H groups in total. The number of carbonyl (C=O) groups excluding carboxylic acids is 3. The van der Waals surface area contributed by atoms with Gasteiger partial charge in [0.05, 0.1) is 27.0 Å². The van der Waals surface area contributed by atoms with Crippen LogP contribution in [0.1, 0.15) is 5.56 Å². The Morgan fingerprint density at radius 1 is 0.857 bits per heavy atom. The van der Waals surface area contributed by atoms with E-state index in [-0.39, 0.29) is 11.3 Å². The number of barbiturate groups is 1. The second kappa shape index (κ2) is 7.83. The van der Waals surface area contributed by atoms with E-state index in [1.807, 2.05) is 0 Å². The molecule has 0 unspecified atom stereocenters. The molecular weight excluding hydrogens is 364 g/mol. The van der Waals surface area contributed by atoms with E-state index in [9.17, 15) is 14.4 Å². The number of nitrogens with one attached hydrogen (secondary N) is 1. The standard InChI is InChI=1S/C20H18N2O6/c1-26-15-10-9-12(16(27-2)17(15)28-3)11-14-18(23)21-20(25)22(19(14)24)13-7-5-4-6-8-13/h4-11H,1-3H3,(H,21,23,25)/b14-11-. The van der Waals surface area contributed by atoms with Gasteiger partial charge >= 0.3 is 6.03 Å². The Labute approximate surface area is 161 Å². The van der Waals surface area contributed by atoms with Crippen LogP contribution in [0.25, 0.3) is 6.08 Å². The van der Waals surface area contributed by atoms with Crippen LogP contribution in [0.4, 0.5) is 10.5 Å². The van der Waals surface area contributed by atoms with Gasteiger partial charge in [-0.3, -0.25) is 14.9 Å². The van der Waals surface area contributed by atoms with Gasteiger partial charge in [-0.15, -0.1) is 0 Å². The SMILES string of the molecule is COc1ccc(/C=C2/C(=O)NC(=O)N(c3ccccc3)C2=O)c(OC)c1OC. The van der Waals surface area contributed by atoms with Gasteiger partial charge in [-0.1, -0.05) is 18.2 Å². The average Bonchev–Trinajstić information content (AvgIpc) is 2.70. The fraction of sp³-hybridized carbons (Fsp3) is 0.150.